The monoisotopic (exact) mass is 292 g/mol. The normalized spacial score (nSPS) is 21.2. The van der Waals surface area contributed by atoms with Crippen molar-refractivity contribution in [2.75, 3.05) is 7.05 Å². The number of amides is 2. The predicted molar refractivity (Wildman–Crippen MR) is 72.4 cm³/mol. The molecule has 3 N–H and O–H groups in total. The van der Waals surface area contributed by atoms with Crippen LogP contribution in [0.1, 0.15) is 5.56 Å². The van der Waals surface area contributed by atoms with E-state index in [-0.39, 0.29) is 5.91 Å². The Labute approximate surface area is 121 Å². The summed E-state index contributed by atoms with van der Waals surface area (Å²) in [7, 11) is 1.47. The Bertz CT molecular complexity index is 546. The minimum atomic E-state index is -1.19. The Kier molecular flexibility index (Phi) is 4.54. The summed E-state index contributed by atoms with van der Waals surface area (Å²) >= 11 is 0. The Morgan fingerprint density at radius 3 is 2.43 bits per heavy atom. The van der Waals surface area contributed by atoms with Crippen LogP contribution in [0.3, 0.4) is 0 Å². The summed E-state index contributed by atoms with van der Waals surface area (Å²) in [4.78, 5) is 34.3. The molecule has 1 aliphatic heterocycles. The lowest BCUT2D eigenvalue weighted by atomic mass is 10.0. The van der Waals surface area contributed by atoms with Gasteiger partial charge in [-0.2, -0.15) is 0 Å². The van der Waals surface area contributed by atoms with Crippen LogP contribution >= 0.6 is 0 Å². The van der Waals surface area contributed by atoms with E-state index in [1.807, 2.05) is 30.3 Å². The van der Waals surface area contributed by atoms with Gasteiger partial charge in [-0.15, -0.1) is 0 Å². The highest BCUT2D eigenvalue weighted by atomic mass is 16.6. The van der Waals surface area contributed by atoms with Gasteiger partial charge in [-0.3, -0.25) is 9.59 Å². The van der Waals surface area contributed by atoms with Gasteiger partial charge in [0.1, 0.15) is 6.04 Å². The quantitative estimate of drug-likeness (QED) is 0.602. The van der Waals surface area contributed by atoms with Crippen LogP contribution in [0, 0.1) is 0 Å². The number of aliphatic carboxylic acids is 1. The second-order valence-corrected chi connectivity index (χ2v) is 4.68. The number of likely N-dealkylation sites (N-methyl/N-ethyl adjacent to an activating group) is 1. The van der Waals surface area contributed by atoms with Crippen molar-refractivity contribution in [2.45, 2.75) is 24.7 Å². The molecule has 0 bridgehead atoms. The number of nitrogens with one attached hydrogen (secondary N) is 2. The van der Waals surface area contributed by atoms with Crippen LogP contribution in [0.25, 0.3) is 0 Å². The maximum atomic E-state index is 11.9. The molecule has 1 saturated heterocycles. The van der Waals surface area contributed by atoms with Gasteiger partial charge < -0.3 is 20.5 Å². The summed E-state index contributed by atoms with van der Waals surface area (Å²) in [5.41, 5.74) is 0.887. The molecule has 1 aliphatic rings. The Morgan fingerprint density at radius 2 is 1.90 bits per heavy atom. The van der Waals surface area contributed by atoms with E-state index in [0.29, 0.717) is 6.42 Å². The molecule has 1 fully saturated rings. The lowest BCUT2D eigenvalue weighted by Crippen LogP contribution is -2.48. The molecule has 0 spiro atoms. The van der Waals surface area contributed by atoms with Crippen LogP contribution in [-0.2, 0) is 25.5 Å². The van der Waals surface area contributed by atoms with Crippen LogP contribution in [-0.4, -0.2) is 48.2 Å². The van der Waals surface area contributed by atoms with Crippen LogP contribution in [0.15, 0.2) is 30.3 Å². The number of rotatable bonds is 6. The fourth-order valence-electron chi connectivity index (χ4n) is 1.99. The average Bonchev–Trinajstić information content (AvgIpc) is 3.27. The van der Waals surface area contributed by atoms with Gasteiger partial charge in [-0.1, -0.05) is 30.3 Å². The topological polar surface area (TPSA) is 108 Å². The summed E-state index contributed by atoms with van der Waals surface area (Å²) in [5.74, 6) is -2.12. The summed E-state index contributed by atoms with van der Waals surface area (Å²) in [6.45, 7) is 0. The first-order chi connectivity index (χ1) is 10.0. The molecule has 0 aliphatic carbocycles. The molecule has 1 aromatic rings. The molecule has 7 heteroatoms. The van der Waals surface area contributed by atoms with Gasteiger partial charge in [0.15, 0.2) is 12.2 Å². The number of carbonyl (C=O) groups excluding carboxylic acids is 2. The first-order valence-electron chi connectivity index (χ1n) is 6.47. The minimum Gasteiger partial charge on any atom is -0.479 e. The van der Waals surface area contributed by atoms with E-state index in [1.165, 1.54) is 7.05 Å². The molecule has 2 amide bonds. The van der Waals surface area contributed by atoms with Gasteiger partial charge in [0.2, 0.25) is 5.91 Å². The average molecular weight is 292 g/mol. The summed E-state index contributed by atoms with van der Waals surface area (Å²) in [6, 6.07) is 8.44. The van der Waals surface area contributed by atoms with Gasteiger partial charge in [0.25, 0.3) is 5.91 Å². The third-order valence-electron chi connectivity index (χ3n) is 3.16. The van der Waals surface area contributed by atoms with E-state index in [1.54, 1.807) is 0 Å². The molecule has 1 heterocycles. The largest absolute Gasteiger partial charge is 0.479 e. The van der Waals surface area contributed by atoms with Gasteiger partial charge in [-0.25, -0.2) is 4.79 Å². The zero-order valence-electron chi connectivity index (χ0n) is 11.4. The summed E-state index contributed by atoms with van der Waals surface area (Å²) in [5, 5.41) is 13.7. The number of ether oxygens (including phenoxy) is 1. The highest BCUT2D eigenvalue weighted by Crippen LogP contribution is 2.22. The Morgan fingerprint density at radius 1 is 1.24 bits per heavy atom. The van der Waals surface area contributed by atoms with Crippen LogP contribution in [0.2, 0.25) is 0 Å². The smallest absolute Gasteiger partial charge is 0.336 e. The molecule has 2 unspecified atom stereocenters. The summed E-state index contributed by atoms with van der Waals surface area (Å²) < 4.78 is 4.76. The maximum Gasteiger partial charge on any atom is 0.336 e. The third-order valence-corrected chi connectivity index (χ3v) is 3.16. The first-order valence-corrected chi connectivity index (χ1v) is 6.47. The fourth-order valence-corrected chi connectivity index (χ4v) is 1.99. The number of hydrogen-bond donors (Lipinski definition) is 3. The third kappa shape index (κ3) is 3.79. The van der Waals surface area contributed by atoms with Gasteiger partial charge in [-0.05, 0) is 5.56 Å². The van der Waals surface area contributed by atoms with Crippen molar-refractivity contribution in [1.82, 2.24) is 10.6 Å². The number of carbonyl (C=O) groups is 3. The molecular formula is C14H16N2O5. The zero-order chi connectivity index (χ0) is 15.4. The van der Waals surface area contributed by atoms with Crippen molar-refractivity contribution < 1.29 is 24.2 Å². The van der Waals surface area contributed by atoms with Crippen molar-refractivity contribution in [3.8, 4) is 0 Å². The summed E-state index contributed by atoms with van der Waals surface area (Å²) in [6.07, 6.45) is -1.83. The number of hydrogen-bond acceptors (Lipinski definition) is 4. The highest BCUT2D eigenvalue weighted by Gasteiger charge is 2.51. The maximum absolute atomic E-state index is 11.9. The van der Waals surface area contributed by atoms with Gasteiger partial charge in [0, 0.05) is 13.5 Å². The highest BCUT2D eigenvalue weighted by molar-refractivity contribution is 5.95. The van der Waals surface area contributed by atoms with Crippen molar-refractivity contribution in [2.24, 2.45) is 0 Å². The number of carboxylic acid groups (broad SMARTS) is 1. The van der Waals surface area contributed by atoms with E-state index < -0.39 is 30.1 Å². The van der Waals surface area contributed by atoms with E-state index in [9.17, 15) is 14.4 Å². The number of carboxylic acids is 1. The number of benzene rings is 1. The molecule has 112 valence electrons. The van der Waals surface area contributed by atoms with E-state index in [2.05, 4.69) is 10.6 Å². The molecule has 7 nitrogen and oxygen atoms in total. The predicted octanol–water partition coefficient (Wildman–Crippen LogP) is -0.688. The molecular weight excluding hydrogens is 276 g/mol. The van der Waals surface area contributed by atoms with Crippen LogP contribution in [0.4, 0.5) is 0 Å². The first kappa shape index (κ1) is 15.0. The van der Waals surface area contributed by atoms with Crippen molar-refractivity contribution in [1.29, 1.82) is 0 Å². The van der Waals surface area contributed by atoms with E-state index in [4.69, 9.17) is 9.84 Å². The second kappa shape index (κ2) is 6.36. The Balaban J connectivity index is 1.99. The minimum absolute atomic E-state index is 0.316. The van der Waals surface area contributed by atoms with Crippen molar-refractivity contribution in [3.05, 3.63) is 35.9 Å². The fraction of sp³-hybridized carbons (Fsp3) is 0.357. The molecule has 21 heavy (non-hydrogen) atoms. The van der Waals surface area contributed by atoms with Crippen LogP contribution < -0.4 is 10.6 Å². The molecule has 1 aromatic carbocycles. The molecule has 2 rings (SSSR count). The zero-order valence-corrected chi connectivity index (χ0v) is 11.4. The van der Waals surface area contributed by atoms with Crippen molar-refractivity contribution >= 4 is 17.8 Å². The SMILES string of the molecule is CNC(=O)[C@H](Cc1ccccc1)NC(=O)C1OC1C(=O)O. The van der Waals surface area contributed by atoms with Gasteiger partial charge in [0.05, 0.1) is 0 Å². The lowest BCUT2D eigenvalue weighted by molar-refractivity contribution is -0.138. The molecule has 0 saturated carbocycles. The molecule has 0 aromatic heterocycles. The second-order valence-electron chi connectivity index (χ2n) is 4.68. The van der Waals surface area contributed by atoms with E-state index >= 15 is 0 Å². The van der Waals surface area contributed by atoms with E-state index in [0.717, 1.165) is 5.56 Å². The van der Waals surface area contributed by atoms with Crippen molar-refractivity contribution in [3.63, 3.8) is 0 Å². The van der Waals surface area contributed by atoms with Crippen LogP contribution in [0.5, 0.6) is 0 Å². The number of epoxide rings is 1. The standard InChI is InChI=1S/C14H16N2O5/c1-15-12(17)9(7-8-5-3-2-4-6-8)16-13(18)10-11(21-10)14(19)20/h2-6,9-11H,7H2,1H3,(H,15,17)(H,16,18)(H,19,20)/t9-,10?,11?/m0/s1. The Hall–Kier alpha value is -2.41. The van der Waals surface area contributed by atoms with Gasteiger partial charge >= 0.3 is 5.97 Å². The molecule has 3 atom stereocenters. The lowest BCUT2D eigenvalue weighted by Gasteiger charge is -2.16. The molecule has 0 radical (unpaired) electrons.